The van der Waals surface area contributed by atoms with Crippen LogP contribution in [0.1, 0.15) is 21.5 Å². The van der Waals surface area contributed by atoms with Crippen LogP contribution < -0.4 is 10.2 Å². The van der Waals surface area contributed by atoms with Crippen LogP contribution in [0.4, 0.5) is 4.39 Å². The molecule has 6 heteroatoms. The summed E-state index contributed by atoms with van der Waals surface area (Å²) in [5.41, 5.74) is 4.62. The molecule has 4 nitrogen and oxygen atoms in total. The summed E-state index contributed by atoms with van der Waals surface area (Å²) in [5.74, 6) is 0.0524. The molecule has 1 amide bonds. The summed E-state index contributed by atoms with van der Waals surface area (Å²) in [4.78, 5) is 12.1. The average molecular weight is 474 g/mol. The smallest absolute Gasteiger partial charge is 0.271 e. The molecule has 0 saturated heterocycles. The van der Waals surface area contributed by atoms with Crippen LogP contribution in [0.2, 0.25) is 0 Å². The van der Waals surface area contributed by atoms with Gasteiger partial charge in [0.1, 0.15) is 18.2 Å². The van der Waals surface area contributed by atoms with Crippen LogP contribution in [-0.2, 0) is 6.61 Å². The first-order valence-electron chi connectivity index (χ1n) is 8.17. The number of benzene rings is 3. The molecule has 3 aromatic rings. The lowest BCUT2D eigenvalue weighted by atomic mass is 10.2. The molecule has 27 heavy (non-hydrogen) atoms. The van der Waals surface area contributed by atoms with Crippen molar-refractivity contribution in [3.63, 3.8) is 0 Å². The van der Waals surface area contributed by atoms with Crippen molar-refractivity contribution in [1.82, 2.24) is 5.43 Å². The highest BCUT2D eigenvalue weighted by Crippen LogP contribution is 2.18. The highest BCUT2D eigenvalue weighted by atomic mass is 127. The van der Waals surface area contributed by atoms with Gasteiger partial charge in [-0.25, -0.2) is 9.82 Å². The zero-order valence-corrected chi connectivity index (χ0v) is 16.4. The number of carbonyl (C=O) groups excluding carboxylic acids is 1. The summed E-state index contributed by atoms with van der Waals surface area (Å²) in [6.45, 7) is 0.306. The van der Waals surface area contributed by atoms with E-state index in [1.807, 2.05) is 36.4 Å². The van der Waals surface area contributed by atoms with Crippen molar-refractivity contribution in [3.05, 3.63) is 98.9 Å². The van der Waals surface area contributed by atoms with Crippen molar-refractivity contribution < 1.29 is 13.9 Å². The zero-order chi connectivity index (χ0) is 19.1. The van der Waals surface area contributed by atoms with Crippen LogP contribution in [-0.4, -0.2) is 12.1 Å². The van der Waals surface area contributed by atoms with Gasteiger partial charge in [-0.1, -0.05) is 24.3 Å². The second-order valence-electron chi connectivity index (χ2n) is 5.66. The summed E-state index contributed by atoms with van der Waals surface area (Å²) >= 11 is 2.18. The predicted molar refractivity (Wildman–Crippen MR) is 111 cm³/mol. The minimum absolute atomic E-state index is 0.282. The van der Waals surface area contributed by atoms with Gasteiger partial charge in [0.15, 0.2) is 0 Å². The van der Waals surface area contributed by atoms with Crippen LogP contribution >= 0.6 is 22.6 Å². The Labute approximate surface area is 170 Å². The topological polar surface area (TPSA) is 50.7 Å². The minimum Gasteiger partial charge on any atom is -0.488 e. The fourth-order valence-electron chi connectivity index (χ4n) is 2.29. The minimum atomic E-state index is -0.285. The maximum absolute atomic E-state index is 13.0. The molecule has 0 spiro atoms. The lowest BCUT2D eigenvalue weighted by Crippen LogP contribution is -2.17. The van der Waals surface area contributed by atoms with Crippen molar-refractivity contribution in [1.29, 1.82) is 0 Å². The molecule has 0 saturated carbocycles. The third kappa shape index (κ3) is 5.62. The predicted octanol–water partition coefficient (Wildman–Crippen LogP) is 4.77. The number of nitrogens with zero attached hydrogens (tertiary/aromatic N) is 1. The first-order valence-corrected chi connectivity index (χ1v) is 9.25. The van der Waals surface area contributed by atoms with Crippen molar-refractivity contribution in [3.8, 4) is 5.75 Å². The highest BCUT2D eigenvalue weighted by Gasteiger charge is 2.05. The third-order valence-corrected chi connectivity index (χ3v) is 4.42. The molecule has 136 valence electrons. The number of nitrogens with one attached hydrogen (secondary N) is 1. The molecule has 0 aromatic heterocycles. The number of hydrogen-bond acceptors (Lipinski definition) is 3. The SMILES string of the molecule is O=C(N/N=C\c1ccccc1OCc1ccc(F)cc1)c1ccc(I)cc1. The van der Waals surface area contributed by atoms with E-state index in [4.69, 9.17) is 4.74 Å². The second-order valence-corrected chi connectivity index (χ2v) is 6.90. The molecule has 0 aliphatic rings. The first kappa shape index (κ1) is 19.0. The highest BCUT2D eigenvalue weighted by molar-refractivity contribution is 14.1. The monoisotopic (exact) mass is 474 g/mol. The van der Waals surface area contributed by atoms with Gasteiger partial charge in [0, 0.05) is 14.7 Å². The Balaban J connectivity index is 1.62. The van der Waals surface area contributed by atoms with Gasteiger partial charge in [-0.3, -0.25) is 4.79 Å². The summed E-state index contributed by atoms with van der Waals surface area (Å²) in [6, 6.07) is 20.7. The summed E-state index contributed by atoms with van der Waals surface area (Å²) in [6.07, 6.45) is 1.53. The molecule has 0 atom stereocenters. The van der Waals surface area contributed by atoms with Crippen molar-refractivity contribution in [2.24, 2.45) is 5.10 Å². The quantitative estimate of drug-likeness (QED) is 0.318. The standard InChI is InChI=1S/C21H16FIN2O2/c22-18-9-5-15(6-10-18)14-27-20-4-2-1-3-17(20)13-24-25-21(26)16-7-11-19(23)12-8-16/h1-13H,14H2,(H,25,26)/b24-13-. The molecule has 0 fully saturated rings. The molecule has 0 aliphatic carbocycles. The number of hydrogen-bond donors (Lipinski definition) is 1. The number of ether oxygens (including phenoxy) is 1. The lowest BCUT2D eigenvalue weighted by molar-refractivity contribution is 0.0955. The Morgan fingerprint density at radius 3 is 2.48 bits per heavy atom. The van der Waals surface area contributed by atoms with Gasteiger partial charge in [-0.15, -0.1) is 0 Å². The molecule has 0 aliphatic heterocycles. The van der Waals surface area contributed by atoms with E-state index in [0.29, 0.717) is 17.9 Å². The first-order chi connectivity index (χ1) is 13.1. The van der Waals surface area contributed by atoms with Gasteiger partial charge in [0.2, 0.25) is 0 Å². The van der Waals surface area contributed by atoms with Gasteiger partial charge in [-0.05, 0) is 76.7 Å². The normalized spacial score (nSPS) is 10.7. The molecular weight excluding hydrogens is 458 g/mol. The Morgan fingerprint density at radius 1 is 1.04 bits per heavy atom. The number of halogens is 2. The molecular formula is C21H16FIN2O2. The van der Waals surface area contributed by atoms with E-state index in [1.54, 1.807) is 24.3 Å². The third-order valence-electron chi connectivity index (χ3n) is 3.70. The molecule has 1 N–H and O–H groups in total. The maximum atomic E-state index is 13.0. The van der Waals surface area contributed by atoms with Crippen LogP contribution in [0.3, 0.4) is 0 Å². The molecule has 0 unspecified atom stereocenters. The summed E-state index contributed by atoms with van der Waals surface area (Å²) in [5, 5.41) is 4.01. The van der Waals surface area contributed by atoms with Gasteiger partial charge in [0.05, 0.1) is 6.21 Å². The molecule has 0 bridgehead atoms. The molecule has 3 aromatic carbocycles. The van der Waals surface area contributed by atoms with Crippen LogP contribution in [0.15, 0.2) is 77.9 Å². The van der Waals surface area contributed by atoms with E-state index >= 15 is 0 Å². The van der Waals surface area contributed by atoms with Crippen molar-refractivity contribution in [2.45, 2.75) is 6.61 Å². The Morgan fingerprint density at radius 2 is 1.74 bits per heavy atom. The number of hydrazone groups is 1. The number of para-hydroxylation sites is 1. The Hall–Kier alpha value is -2.74. The lowest BCUT2D eigenvalue weighted by Gasteiger charge is -2.09. The summed E-state index contributed by atoms with van der Waals surface area (Å²) < 4.78 is 19.8. The largest absolute Gasteiger partial charge is 0.488 e. The van der Waals surface area contributed by atoms with E-state index in [2.05, 4.69) is 33.1 Å². The summed E-state index contributed by atoms with van der Waals surface area (Å²) in [7, 11) is 0. The average Bonchev–Trinajstić information content (AvgIpc) is 2.69. The fourth-order valence-corrected chi connectivity index (χ4v) is 2.65. The van der Waals surface area contributed by atoms with E-state index in [9.17, 15) is 9.18 Å². The van der Waals surface area contributed by atoms with Crippen molar-refractivity contribution in [2.75, 3.05) is 0 Å². The molecule has 0 heterocycles. The Bertz CT molecular complexity index is 941. The molecule has 0 radical (unpaired) electrons. The number of amides is 1. The number of carbonyl (C=O) groups is 1. The zero-order valence-electron chi connectivity index (χ0n) is 14.2. The van der Waals surface area contributed by atoms with Crippen LogP contribution in [0.25, 0.3) is 0 Å². The van der Waals surface area contributed by atoms with E-state index in [-0.39, 0.29) is 11.7 Å². The Kier molecular flexibility index (Phi) is 6.54. The second kappa shape index (κ2) is 9.27. The van der Waals surface area contributed by atoms with Gasteiger partial charge >= 0.3 is 0 Å². The van der Waals surface area contributed by atoms with E-state index in [1.165, 1.54) is 18.3 Å². The fraction of sp³-hybridized carbons (Fsp3) is 0.0476. The van der Waals surface area contributed by atoms with Gasteiger partial charge in [0.25, 0.3) is 5.91 Å². The van der Waals surface area contributed by atoms with E-state index < -0.39 is 0 Å². The van der Waals surface area contributed by atoms with Gasteiger partial charge < -0.3 is 4.74 Å². The molecule has 3 rings (SSSR count). The van der Waals surface area contributed by atoms with Crippen molar-refractivity contribution >= 4 is 34.7 Å². The van der Waals surface area contributed by atoms with Crippen LogP contribution in [0.5, 0.6) is 5.75 Å². The maximum Gasteiger partial charge on any atom is 0.271 e. The van der Waals surface area contributed by atoms with Gasteiger partial charge in [-0.2, -0.15) is 5.10 Å². The van der Waals surface area contributed by atoms with Crippen LogP contribution in [0, 0.1) is 9.39 Å². The number of rotatable bonds is 6. The van der Waals surface area contributed by atoms with E-state index in [0.717, 1.165) is 14.7 Å².